The molecule has 0 saturated heterocycles. The van der Waals surface area contributed by atoms with E-state index in [1.165, 1.54) is 44.1 Å². The average Bonchev–Trinajstić information content (AvgIpc) is 2.49. The molecule has 0 unspecified atom stereocenters. The summed E-state index contributed by atoms with van der Waals surface area (Å²) < 4.78 is 0. The summed E-state index contributed by atoms with van der Waals surface area (Å²) in [5.74, 6) is 0.245. The van der Waals surface area contributed by atoms with Crippen molar-refractivity contribution in [1.29, 1.82) is 0 Å². The highest BCUT2D eigenvalue weighted by molar-refractivity contribution is 5.96. The number of Topliss-reactive ketones (excluding diaryl/α,β-unsaturated/α-hetero) is 1. The van der Waals surface area contributed by atoms with E-state index >= 15 is 0 Å². The lowest BCUT2D eigenvalue weighted by atomic mass is 10.0. The molecule has 0 N–H and O–H groups in total. The van der Waals surface area contributed by atoms with Crippen LogP contribution in [0.2, 0.25) is 0 Å². The SMILES string of the molecule is CCCCCCCCc1ccc(C(=O)CCN(C)C)cc1.Cl. The quantitative estimate of drug-likeness (QED) is 0.414. The number of hydrogen-bond donors (Lipinski definition) is 0. The molecule has 0 heterocycles. The second-order valence-corrected chi connectivity index (χ2v) is 6.19. The number of aryl methyl sites for hydroxylation is 1. The molecule has 1 rings (SSSR count). The number of rotatable bonds is 11. The fraction of sp³-hybridized carbons (Fsp3) is 0.632. The van der Waals surface area contributed by atoms with Gasteiger partial charge in [-0.25, -0.2) is 0 Å². The minimum Gasteiger partial charge on any atom is -0.309 e. The molecular weight excluding hydrogens is 294 g/mol. The minimum atomic E-state index is 0. The molecule has 2 nitrogen and oxygen atoms in total. The molecule has 1 aromatic carbocycles. The van der Waals surface area contributed by atoms with E-state index in [9.17, 15) is 4.79 Å². The first-order chi connectivity index (χ1) is 10.1. The first-order valence-corrected chi connectivity index (χ1v) is 8.40. The Kier molecular flexibility index (Phi) is 12.2. The average molecular weight is 326 g/mol. The number of carbonyl (C=O) groups excluding carboxylic acids is 1. The lowest BCUT2D eigenvalue weighted by Gasteiger charge is -2.08. The molecule has 0 fully saturated rings. The van der Waals surface area contributed by atoms with Crippen molar-refractivity contribution in [3.05, 3.63) is 35.4 Å². The minimum absolute atomic E-state index is 0. The topological polar surface area (TPSA) is 20.3 Å². The molecule has 0 saturated carbocycles. The summed E-state index contributed by atoms with van der Waals surface area (Å²) in [5, 5.41) is 0. The smallest absolute Gasteiger partial charge is 0.164 e. The van der Waals surface area contributed by atoms with Crippen molar-refractivity contribution in [1.82, 2.24) is 4.90 Å². The van der Waals surface area contributed by atoms with E-state index in [1.807, 2.05) is 31.1 Å². The fourth-order valence-electron chi connectivity index (χ4n) is 2.44. The van der Waals surface area contributed by atoms with Crippen molar-refractivity contribution >= 4 is 18.2 Å². The summed E-state index contributed by atoms with van der Waals surface area (Å²) in [7, 11) is 3.99. The van der Waals surface area contributed by atoms with Crippen LogP contribution in [0.1, 0.15) is 67.8 Å². The third-order valence-corrected chi connectivity index (χ3v) is 3.88. The third kappa shape index (κ3) is 9.22. The Bertz CT molecular complexity index is 400. The molecule has 126 valence electrons. The Morgan fingerprint density at radius 3 is 2.14 bits per heavy atom. The Hall–Kier alpha value is -0.860. The van der Waals surface area contributed by atoms with E-state index in [0.717, 1.165) is 18.5 Å². The van der Waals surface area contributed by atoms with Gasteiger partial charge >= 0.3 is 0 Å². The lowest BCUT2D eigenvalue weighted by molar-refractivity contribution is 0.0972. The molecule has 22 heavy (non-hydrogen) atoms. The number of carbonyl (C=O) groups is 1. The van der Waals surface area contributed by atoms with Crippen LogP contribution in [0.5, 0.6) is 0 Å². The van der Waals surface area contributed by atoms with Gasteiger partial charge in [-0.2, -0.15) is 0 Å². The molecule has 0 bridgehead atoms. The number of ketones is 1. The molecule has 0 aliphatic carbocycles. The highest BCUT2D eigenvalue weighted by Crippen LogP contribution is 2.12. The van der Waals surface area contributed by atoms with Crippen molar-refractivity contribution in [2.75, 3.05) is 20.6 Å². The summed E-state index contributed by atoms with van der Waals surface area (Å²) in [6, 6.07) is 8.22. The zero-order chi connectivity index (χ0) is 15.5. The van der Waals surface area contributed by atoms with Gasteiger partial charge in [0.15, 0.2) is 5.78 Å². The summed E-state index contributed by atoms with van der Waals surface area (Å²) in [5.41, 5.74) is 2.21. The fourth-order valence-corrected chi connectivity index (χ4v) is 2.44. The van der Waals surface area contributed by atoms with Crippen molar-refractivity contribution < 1.29 is 4.79 Å². The highest BCUT2D eigenvalue weighted by atomic mass is 35.5. The maximum Gasteiger partial charge on any atom is 0.164 e. The number of nitrogens with zero attached hydrogens (tertiary/aromatic N) is 1. The van der Waals surface area contributed by atoms with Gasteiger partial charge in [0, 0.05) is 18.5 Å². The van der Waals surface area contributed by atoms with Crippen LogP contribution >= 0.6 is 12.4 Å². The Morgan fingerprint density at radius 1 is 0.955 bits per heavy atom. The van der Waals surface area contributed by atoms with E-state index in [2.05, 4.69) is 19.1 Å². The van der Waals surface area contributed by atoms with Gasteiger partial charge in [0.1, 0.15) is 0 Å². The van der Waals surface area contributed by atoms with Gasteiger partial charge in [0.2, 0.25) is 0 Å². The van der Waals surface area contributed by atoms with Crippen LogP contribution in [-0.2, 0) is 6.42 Å². The van der Waals surface area contributed by atoms with Crippen LogP contribution in [0.4, 0.5) is 0 Å². The van der Waals surface area contributed by atoms with Crippen molar-refractivity contribution in [3.63, 3.8) is 0 Å². The molecule has 0 atom stereocenters. The maximum absolute atomic E-state index is 12.0. The number of benzene rings is 1. The van der Waals surface area contributed by atoms with E-state index < -0.39 is 0 Å². The summed E-state index contributed by atoms with van der Waals surface area (Å²) in [6.45, 7) is 3.07. The second kappa shape index (κ2) is 12.7. The molecule has 3 heteroatoms. The predicted octanol–water partition coefficient (Wildman–Crippen LogP) is 5.15. The summed E-state index contributed by atoms with van der Waals surface area (Å²) in [6.07, 6.45) is 9.72. The Balaban J connectivity index is 0.00000441. The highest BCUT2D eigenvalue weighted by Gasteiger charge is 2.06. The van der Waals surface area contributed by atoms with Crippen LogP contribution < -0.4 is 0 Å². The summed E-state index contributed by atoms with van der Waals surface area (Å²) >= 11 is 0. The van der Waals surface area contributed by atoms with E-state index in [0.29, 0.717) is 6.42 Å². The Morgan fingerprint density at radius 2 is 1.55 bits per heavy atom. The van der Waals surface area contributed by atoms with Gasteiger partial charge in [-0.1, -0.05) is 63.3 Å². The Labute approximate surface area is 142 Å². The van der Waals surface area contributed by atoms with Crippen LogP contribution in [-0.4, -0.2) is 31.3 Å². The second-order valence-electron chi connectivity index (χ2n) is 6.19. The predicted molar refractivity (Wildman–Crippen MR) is 98.3 cm³/mol. The van der Waals surface area contributed by atoms with Crippen LogP contribution in [0, 0.1) is 0 Å². The van der Waals surface area contributed by atoms with E-state index in [-0.39, 0.29) is 18.2 Å². The van der Waals surface area contributed by atoms with Gasteiger partial charge in [0.05, 0.1) is 0 Å². The normalized spacial score (nSPS) is 10.5. The van der Waals surface area contributed by atoms with Gasteiger partial charge in [-0.15, -0.1) is 12.4 Å². The molecule has 0 aromatic heterocycles. The maximum atomic E-state index is 12.0. The van der Waals surface area contributed by atoms with Crippen molar-refractivity contribution in [2.24, 2.45) is 0 Å². The van der Waals surface area contributed by atoms with Gasteiger partial charge < -0.3 is 4.90 Å². The van der Waals surface area contributed by atoms with Crippen molar-refractivity contribution in [2.45, 2.75) is 58.3 Å². The number of unbranched alkanes of at least 4 members (excludes halogenated alkanes) is 5. The first kappa shape index (κ1) is 21.1. The van der Waals surface area contributed by atoms with Crippen molar-refractivity contribution in [3.8, 4) is 0 Å². The zero-order valence-electron chi connectivity index (χ0n) is 14.4. The number of hydrogen-bond acceptors (Lipinski definition) is 2. The molecule has 0 aliphatic heterocycles. The molecule has 0 spiro atoms. The summed E-state index contributed by atoms with van der Waals surface area (Å²) in [4.78, 5) is 14.0. The van der Waals surface area contributed by atoms with Gasteiger partial charge in [0.25, 0.3) is 0 Å². The molecule has 0 aliphatic rings. The largest absolute Gasteiger partial charge is 0.309 e. The van der Waals surface area contributed by atoms with E-state index in [1.54, 1.807) is 0 Å². The van der Waals surface area contributed by atoms with Crippen LogP contribution in [0.25, 0.3) is 0 Å². The van der Waals surface area contributed by atoms with Crippen LogP contribution in [0.3, 0.4) is 0 Å². The zero-order valence-corrected chi connectivity index (χ0v) is 15.3. The third-order valence-electron chi connectivity index (χ3n) is 3.88. The van der Waals surface area contributed by atoms with E-state index in [4.69, 9.17) is 0 Å². The monoisotopic (exact) mass is 325 g/mol. The molecule has 0 amide bonds. The van der Waals surface area contributed by atoms with Gasteiger partial charge in [-0.3, -0.25) is 4.79 Å². The molecule has 0 radical (unpaired) electrons. The standard InChI is InChI=1S/C19H31NO.ClH/c1-4-5-6-7-8-9-10-17-11-13-18(14-12-17)19(21)15-16-20(2)3;/h11-14H,4-10,15-16H2,1-3H3;1H. The lowest BCUT2D eigenvalue weighted by Crippen LogP contribution is -2.16. The molecule has 1 aromatic rings. The van der Waals surface area contributed by atoms with Gasteiger partial charge in [-0.05, 0) is 32.5 Å². The number of halogens is 1. The van der Waals surface area contributed by atoms with Crippen LogP contribution in [0.15, 0.2) is 24.3 Å². The first-order valence-electron chi connectivity index (χ1n) is 8.40. The molecular formula is C19H32ClNO.